The van der Waals surface area contributed by atoms with Crippen molar-refractivity contribution in [3.05, 3.63) is 83.6 Å². The first-order valence-corrected chi connectivity index (χ1v) is 9.21. The maximum atomic E-state index is 6.19. The van der Waals surface area contributed by atoms with Crippen LogP contribution >= 0.6 is 23.4 Å². The van der Waals surface area contributed by atoms with Gasteiger partial charge >= 0.3 is 0 Å². The molecule has 0 aliphatic rings. The Labute approximate surface area is 155 Å². The van der Waals surface area contributed by atoms with Crippen LogP contribution in [0.1, 0.15) is 5.69 Å². The molecule has 0 atom stereocenters. The molecule has 4 aromatic rings. The van der Waals surface area contributed by atoms with Gasteiger partial charge < -0.3 is 0 Å². The molecule has 0 saturated heterocycles. The number of pyridine rings is 1. The van der Waals surface area contributed by atoms with Crippen LogP contribution in [0.2, 0.25) is 5.02 Å². The van der Waals surface area contributed by atoms with Crippen LogP contribution in [0, 0.1) is 0 Å². The van der Waals surface area contributed by atoms with Crippen LogP contribution in [0.25, 0.3) is 22.2 Å². The van der Waals surface area contributed by atoms with Crippen LogP contribution in [0.4, 0.5) is 0 Å². The molecule has 0 saturated carbocycles. The largest absolute Gasteiger partial charge is 0.260 e. The number of halogens is 1. The molecule has 3 nitrogen and oxygen atoms in total. The topological polar surface area (TPSA) is 38.7 Å². The van der Waals surface area contributed by atoms with Crippen molar-refractivity contribution in [3.63, 3.8) is 0 Å². The lowest BCUT2D eigenvalue weighted by molar-refractivity contribution is 1.00. The van der Waals surface area contributed by atoms with Gasteiger partial charge in [0.25, 0.3) is 0 Å². The molecule has 0 amide bonds. The van der Waals surface area contributed by atoms with Gasteiger partial charge in [-0.3, -0.25) is 4.98 Å². The van der Waals surface area contributed by atoms with E-state index in [1.807, 2.05) is 54.6 Å². The molecule has 2 aromatic carbocycles. The maximum absolute atomic E-state index is 6.19. The van der Waals surface area contributed by atoms with E-state index in [4.69, 9.17) is 16.6 Å². The lowest BCUT2D eigenvalue weighted by Crippen LogP contribution is -1.95. The number of hydrogen-bond donors (Lipinski definition) is 0. The van der Waals surface area contributed by atoms with E-state index < -0.39 is 0 Å². The van der Waals surface area contributed by atoms with Gasteiger partial charge in [0.1, 0.15) is 0 Å². The van der Waals surface area contributed by atoms with Crippen molar-refractivity contribution in [3.8, 4) is 11.3 Å². The summed E-state index contributed by atoms with van der Waals surface area (Å²) >= 11 is 7.77. The molecule has 0 fully saturated rings. The van der Waals surface area contributed by atoms with E-state index in [2.05, 4.69) is 22.1 Å². The van der Waals surface area contributed by atoms with Gasteiger partial charge in [-0.15, -0.1) is 0 Å². The molecule has 0 N–H and O–H groups in total. The molecular formula is C20H14ClN3S. The number of aromatic nitrogens is 3. The van der Waals surface area contributed by atoms with E-state index in [1.54, 1.807) is 18.0 Å². The average Bonchev–Trinajstić information content (AvgIpc) is 2.67. The van der Waals surface area contributed by atoms with Gasteiger partial charge in [-0.1, -0.05) is 59.8 Å². The minimum Gasteiger partial charge on any atom is -0.260 e. The zero-order chi connectivity index (χ0) is 17.1. The highest BCUT2D eigenvalue weighted by atomic mass is 35.5. The Hall–Kier alpha value is -2.43. The minimum atomic E-state index is 0.683. The van der Waals surface area contributed by atoms with E-state index in [0.29, 0.717) is 5.02 Å². The van der Waals surface area contributed by atoms with Crippen LogP contribution in [-0.4, -0.2) is 15.0 Å². The van der Waals surface area contributed by atoms with Crippen molar-refractivity contribution < 1.29 is 0 Å². The van der Waals surface area contributed by atoms with Crippen LogP contribution in [0.3, 0.4) is 0 Å². The smallest absolute Gasteiger partial charge is 0.189 e. The highest BCUT2D eigenvalue weighted by molar-refractivity contribution is 7.98. The Morgan fingerprint density at radius 1 is 0.880 bits per heavy atom. The number of benzene rings is 2. The van der Waals surface area contributed by atoms with E-state index in [0.717, 1.165) is 38.8 Å². The second-order valence-electron chi connectivity index (χ2n) is 5.49. The summed E-state index contributed by atoms with van der Waals surface area (Å²) < 4.78 is 0. The minimum absolute atomic E-state index is 0.683. The fourth-order valence-corrected chi connectivity index (χ4v) is 3.52. The highest BCUT2D eigenvalue weighted by Crippen LogP contribution is 2.31. The van der Waals surface area contributed by atoms with Crippen molar-refractivity contribution in [2.75, 3.05) is 0 Å². The molecule has 0 bridgehead atoms. The Kier molecular flexibility index (Phi) is 4.63. The lowest BCUT2D eigenvalue weighted by atomic mass is 10.1. The summed E-state index contributed by atoms with van der Waals surface area (Å²) in [6.45, 7) is 0. The molecule has 25 heavy (non-hydrogen) atoms. The van der Waals surface area contributed by atoms with E-state index >= 15 is 0 Å². The Morgan fingerprint density at radius 2 is 1.72 bits per heavy atom. The van der Waals surface area contributed by atoms with Crippen LogP contribution in [-0.2, 0) is 5.75 Å². The van der Waals surface area contributed by atoms with Crippen LogP contribution in [0.15, 0.2) is 78.1 Å². The zero-order valence-corrected chi connectivity index (χ0v) is 14.8. The predicted octanol–water partition coefficient (Wildman–Crippen LogP) is 5.64. The molecule has 2 aromatic heterocycles. The number of hydrogen-bond acceptors (Lipinski definition) is 4. The Morgan fingerprint density at radius 3 is 2.52 bits per heavy atom. The first kappa shape index (κ1) is 16.1. The van der Waals surface area contributed by atoms with Gasteiger partial charge in [0.05, 0.1) is 16.9 Å². The molecular weight excluding hydrogens is 350 g/mol. The zero-order valence-electron chi connectivity index (χ0n) is 13.3. The summed E-state index contributed by atoms with van der Waals surface area (Å²) in [4.78, 5) is 13.8. The Balaban J connectivity index is 1.77. The molecule has 4 rings (SSSR count). The third-order valence-electron chi connectivity index (χ3n) is 3.76. The lowest BCUT2D eigenvalue weighted by Gasteiger charge is -2.09. The third-order valence-corrected chi connectivity index (χ3v) is 4.88. The average molecular weight is 364 g/mol. The summed E-state index contributed by atoms with van der Waals surface area (Å²) in [7, 11) is 0. The normalized spacial score (nSPS) is 10.9. The molecule has 0 unspecified atom stereocenters. The summed E-state index contributed by atoms with van der Waals surface area (Å²) in [5, 5.41) is 2.38. The fraction of sp³-hybridized carbons (Fsp3) is 0.0500. The monoisotopic (exact) mass is 363 g/mol. The fourth-order valence-electron chi connectivity index (χ4n) is 2.58. The predicted molar refractivity (Wildman–Crippen MR) is 104 cm³/mol. The Bertz CT molecular complexity index is 1010. The number of fused-ring (bicyclic) bond motifs is 1. The van der Waals surface area contributed by atoms with Gasteiger partial charge in [0.2, 0.25) is 0 Å². The quantitative estimate of drug-likeness (QED) is 0.347. The molecule has 5 heteroatoms. The number of thioether (sulfide) groups is 1. The van der Waals surface area contributed by atoms with Gasteiger partial charge in [0, 0.05) is 27.9 Å². The van der Waals surface area contributed by atoms with Crippen LogP contribution in [0.5, 0.6) is 0 Å². The van der Waals surface area contributed by atoms with Crippen molar-refractivity contribution in [2.24, 2.45) is 0 Å². The molecule has 0 aliphatic heterocycles. The van der Waals surface area contributed by atoms with Crippen molar-refractivity contribution in [1.82, 2.24) is 15.0 Å². The molecule has 2 heterocycles. The van der Waals surface area contributed by atoms with Gasteiger partial charge in [-0.25, -0.2) is 9.97 Å². The summed E-state index contributed by atoms with van der Waals surface area (Å²) in [6.07, 6.45) is 1.80. The molecule has 0 aliphatic carbocycles. The summed E-state index contributed by atoms with van der Waals surface area (Å²) in [6, 6.07) is 21.7. The van der Waals surface area contributed by atoms with E-state index in [-0.39, 0.29) is 0 Å². The van der Waals surface area contributed by atoms with Gasteiger partial charge in [-0.2, -0.15) is 0 Å². The summed E-state index contributed by atoms with van der Waals surface area (Å²) in [5.74, 6) is 0.730. The van der Waals surface area contributed by atoms with Crippen molar-refractivity contribution in [2.45, 2.75) is 10.9 Å². The SMILES string of the molecule is Clc1ccc2nc(SCc3ccccn3)nc(-c3ccccc3)c2c1. The standard InChI is InChI=1S/C20H14ClN3S/c21-15-9-10-18-17(12-15)19(14-6-2-1-3-7-14)24-20(23-18)25-13-16-8-4-5-11-22-16/h1-12H,13H2. The summed E-state index contributed by atoms with van der Waals surface area (Å²) in [5.41, 5.74) is 3.85. The van der Waals surface area contributed by atoms with Crippen LogP contribution < -0.4 is 0 Å². The van der Waals surface area contributed by atoms with Gasteiger partial charge in [0.15, 0.2) is 5.16 Å². The first-order chi connectivity index (χ1) is 12.3. The molecule has 0 radical (unpaired) electrons. The number of rotatable bonds is 4. The second kappa shape index (κ2) is 7.21. The van der Waals surface area contributed by atoms with E-state index in [9.17, 15) is 0 Å². The van der Waals surface area contributed by atoms with Crippen molar-refractivity contribution >= 4 is 34.3 Å². The highest BCUT2D eigenvalue weighted by Gasteiger charge is 2.11. The molecule has 122 valence electrons. The maximum Gasteiger partial charge on any atom is 0.189 e. The van der Waals surface area contributed by atoms with Gasteiger partial charge in [-0.05, 0) is 30.3 Å². The second-order valence-corrected chi connectivity index (χ2v) is 6.87. The molecule has 0 spiro atoms. The van der Waals surface area contributed by atoms with E-state index in [1.165, 1.54) is 0 Å². The number of nitrogens with zero attached hydrogens (tertiary/aromatic N) is 3. The third kappa shape index (κ3) is 3.65. The first-order valence-electron chi connectivity index (χ1n) is 7.85. The van der Waals surface area contributed by atoms with Crippen molar-refractivity contribution in [1.29, 1.82) is 0 Å².